The quantitative estimate of drug-likeness (QED) is 0.0241. The van der Waals surface area contributed by atoms with Crippen LogP contribution in [-0.2, 0) is 12.8 Å². The van der Waals surface area contributed by atoms with Crippen LogP contribution in [0, 0.1) is 6.92 Å². The summed E-state index contributed by atoms with van der Waals surface area (Å²) in [7, 11) is 0. The lowest BCUT2D eigenvalue weighted by Gasteiger charge is -2.07. The minimum atomic E-state index is -0.464. The number of hydrogen-bond acceptors (Lipinski definition) is 6. The number of nitrogens with zero attached hydrogens (tertiary/aromatic N) is 2. The zero-order chi connectivity index (χ0) is 42.9. The molecule has 0 aliphatic carbocycles. The minimum absolute atomic E-state index is 0.387. The van der Waals surface area contributed by atoms with Gasteiger partial charge in [-0.15, -0.1) is 0 Å². The van der Waals surface area contributed by atoms with Gasteiger partial charge in [0.05, 0.1) is 22.5 Å². The maximum atomic E-state index is 13.1. The summed E-state index contributed by atoms with van der Waals surface area (Å²) in [6.07, 6.45) is 26.8. The number of aryl methyl sites for hydroxylation is 3. The molecule has 320 valence electrons. The highest BCUT2D eigenvalue weighted by Crippen LogP contribution is 2.24. The third kappa shape index (κ3) is 17.1. The molecule has 0 atom stereocenters. The van der Waals surface area contributed by atoms with Crippen molar-refractivity contribution in [2.45, 2.75) is 136 Å². The molecular formula is C55H66N2O4. The molecule has 6 nitrogen and oxygen atoms in total. The normalized spacial score (nSPS) is 11.4. The van der Waals surface area contributed by atoms with Crippen LogP contribution >= 0.6 is 0 Å². The van der Waals surface area contributed by atoms with Gasteiger partial charge >= 0.3 is 11.9 Å². The van der Waals surface area contributed by atoms with Crippen LogP contribution in [0.2, 0.25) is 0 Å². The molecule has 0 unspecified atom stereocenters. The molecule has 0 N–H and O–H groups in total. The topological polar surface area (TPSA) is 77.3 Å². The molecule has 6 heteroatoms. The average Bonchev–Trinajstić information content (AvgIpc) is 3.28. The summed E-state index contributed by atoms with van der Waals surface area (Å²) < 4.78 is 11.3. The summed E-state index contributed by atoms with van der Waals surface area (Å²) >= 11 is 0. The number of carbonyl (C=O) groups is 2. The fraction of sp³-hybridized carbons (Fsp3) is 0.382. The average molecular weight is 819 g/mol. The maximum absolute atomic E-state index is 13.1. The molecule has 0 bridgehead atoms. The first kappa shape index (κ1) is 46.4. The molecular weight excluding hydrogens is 753 g/mol. The van der Waals surface area contributed by atoms with Gasteiger partial charge in [-0.1, -0.05) is 134 Å². The molecule has 0 radical (unpaired) electrons. The van der Waals surface area contributed by atoms with Crippen LogP contribution in [0.1, 0.15) is 165 Å². The second-order valence-corrected chi connectivity index (χ2v) is 16.2. The van der Waals surface area contributed by atoms with E-state index < -0.39 is 5.97 Å². The van der Waals surface area contributed by atoms with Gasteiger partial charge in [0.2, 0.25) is 0 Å². The number of ether oxygens (including phenoxy) is 2. The highest BCUT2D eigenvalue weighted by molar-refractivity contribution is 5.93. The van der Waals surface area contributed by atoms with Crippen molar-refractivity contribution >= 4 is 35.7 Å². The Labute approximate surface area is 365 Å². The Morgan fingerprint density at radius 1 is 0.459 bits per heavy atom. The molecule has 0 amide bonds. The van der Waals surface area contributed by atoms with Gasteiger partial charge in [0.25, 0.3) is 0 Å². The summed E-state index contributed by atoms with van der Waals surface area (Å²) in [4.78, 5) is 35.2. The van der Waals surface area contributed by atoms with Crippen LogP contribution in [0.25, 0.3) is 0 Å². The van der Waals surface area contributed by atoms with Crippen LogP contribution in [0.4, 0.5) is 11.4 Å². The van der Waals surface area contributed by atoms with E-state index in [2.05, 4.69) is 48.1 Å². The van der Waals surface area contributed by atoms with E-state index in [-0.39, 0.29) is 5.97 Å². The molecule has 5 aromatic rings. The molecule has 0 spiro atoms. The number of benzene rings is 5. The Balaban J connectivity index is 1.03. The fourth-order valence-corrected chi connectivity index (χ4v) is 7.23. The highest BCUT2D eigenvalue weighted by atomic mass is 16.5. The second kappa shape index (κ2) is 26.6. The first-order valence-electron chi connectivity index (χ1n) is 22.9. The maximum Gasteiger partial charge on any atom is 0.343 e. The minimum Gasteiger partial charge on any atom is -0.423 e. The lowest BCUT2D eigenvalue weighted by Crippen LogP contribution is -2.08. The summed E-state index contributed by atoms with van der Waals surface area (Å²) in [5, 5.41) is 0. The molecule has 0 aliphatic heterocycles. The SMILES string of the molecule is CCCCCCCCCCCCc1ccc(N=Cc2ccc(OC(=O)c3ccc(C)c(N=Cc4ccc(OC(=O)c5ccc(CCCCCCCC)cc5)cc4)c3)cc2)cc1. The smallest absolute Gasteiger partial charge is 0.343 e. The first-order chi connectivity index (χ1) is 29.9. The Morgan fingerprint density at radius 3 is 1.36 bits per heavy atom. The highest BCUT2D eigenvalue weighted by Gasteiger charge is 2.12. The van der Waals surface area contributed by atoms with Gasteiger partial charge < -0.3 is 9.47 Å². The predicted molar refractivity (Wildman–Crippen MR) is 254 cm³/mol. The number of esters is 2. The van der Waals surface area contributed by atoms with Crippen molar-refractivity contribution in [1.82, 2.24) is 0 Å². The largest absolute Gasteiger partial charge is 0.423 e. The van der Waals surface area contributed by atoms with Gasteiger partial charge in [-0.3, -0.25) is 9.98 Å². The van der Waals surface area contributed by atoms with E-state index >= 15 is 0 Å². The number of rotatable bonds is 26. The van der Waals surface area contributed by atoms with E-state index in [0.717, 1.165) is 35.2 Å². The van der Waals surface area contributed by atoms with Crippen molar-refractivity contribution in [2.75, 3.05) is 0 Å². The van der Waals surface area contributed by atoms with E-state index in [0.29, 0.717) is 28.3 Å². The van der Waals surface area contributed by atoms with E-state index in [1.165, 1.54) is 114 Å². The standard InChI is InChI=1S/C55H66N2O4/c1-4-6-8-10-12-13-14-15-17-19-21-45-25-34-50(35-26-45)56-41-46-27-36-52(37-28-46)61-55(59)49-31-22-43(3)53(40-49)57-42-47-29-38-51(39-30-47)60-54(58)48-32-23-44(24-33-48)20-18-16-11-9-7-5-2/h22-42H,4-21H2,1-3H3. The lowest BCUT2D eigenvalue weighted by molar-refractivity contribution is 0.0725. The monoisotopic (exact) mass is 819 g/mol. The van der Waals surface area contributed by atoms with Crippen LogP contribution in [0.5, 0.6) is 11.5 Å². The summed E-state index contributed by atoms with van der Waals surface area (Å²) in [6.45, 7) is 6.45. The van der Waals surface area contributed by atoms with Crippen molar-refractivity contribution in [1.29, 1.82) is 0 Å². The van der Waals surface area contributed by atoms with Gasteiger partial charge in [0.15, 0.2) is 0 Å². The van der Waals surface area contributed by atoms with Crippen molar-refractivity contribution in [2.24, 2.45) is 9.98 Å². The second-order valence-electron chi connectivity index (χ2n) is 16.2. The van der Waals surface area contributed by atoms with Crippen molar-refractivity contribution in [3.63, 3.8) is 0 Å². The van der Waals surface area contributed by atoms with E-state index in [1.807, 2.05) is 67.7 Å². The van der Waals surface area contributed by atoms with Crippen LogP contribution in [0.3, 0.4) is 0 Å². The number of unbranched alkanes of at least 4 members (excludes halogenated alkanes) is 14. The zero-order valence-corrected chi connectivity index (χ0v) is 36.9. The molecule has 0 heterocycles. The zero-order valence-electron chi connectivity index (χ0n) is 36.9. The predicted octanol–water partition coefficient (Wildman–Crippen LogP) is 15.3. The summed E-state index contributed by atoms with van der Waals surface area (Å²) in [5.41, 5.74) is 7.75. The Hall–Kier alpha value is -5.62. The number of hydrogen-bond donors (Lipinski definition) is 0. The molecule has 61 heavy (non-hydrogen) atoms. The van der Waals surface area contributed by atoms with Crippen molar-refractivity contribution < 1.29 is 19.1 Å². The third-order valence-corrected chi connectivity index (χ3v) is 11.1. The Kier molecular flexibility index (Phi) is 20.2. The van der Waals surface area contributed by atoms with Gasteiger partial charge in [-0.25, -0.2) is 9.59 Å². The van der Waals surface area contributed by atoms with Crippen LogP contribution in [-0.4, -0.2) is 24.4 Å². The van der Waals surface area contributed by atoms with E-state index in [9.17, 15) is 9.59 Å². The Bertz CT molecular complexity index is 2100. The van der Waals surface area contributed by atoms with Gasteiger partial charge in [0.1, 0.15) is 11.5 Å². The van der Waals surface area contributed by atoms with Crippen LogP contribution in [0.15, 0.2) is 125 Å². The molecule has 0 saturated heterocycles. The fourth-order valence-electron chi connectivity index (χ4n) is 7.23. The first-order valence-corrected chi connectivity index (χ1v) is 22.9. The van der Waals surface area contributed by atoms with Crippen LogP contribution < -0.4 is 9.47 Å². The molecule has 0 aromatic heterocycles. The van der Waals surface area contributed by atoms with Crippen molar-refractivity contribution in [3.05, 3.63) is 154 Å². The summed E-state index contributed by atoms with van der Waals surface area (Å²) in [6, 6.07) is 36.1. The number of carbonyl (C=O) groups excluding carboxylic acids is 2. The Morgan fingerprint density at radius 2 is 0.869 bits per heavy atom. The van der Waals surface area contributed by atoms with E-state index in [4.69, 9.17) is 9.47 Å². The molecule has 0 saturated carbocycles. The molecule has 0 fully saturated rings. The lowest BCUT2D eigenvalue weighted by atomic mass is 10.0. The van der Waals surface area contributed by atoms with Gasteiger partial charge in [0, 0.05) is 12.4 Å². The molecule has 5 aromatic carbocycles. The van der Waals surface area contributed by atoms with Crippen molar-refractivity contribution in [3.8, 4) is 11.5 Å². The molecule has 0 aliphatic rings. The third-order valence-electron chi connectivity index (χ3n) is 11.1. The van der Waals surface area contributed by atoms with Gasteiger partial charge in [-0.05, 0) is 145 Å². The van der Waals surface area contributed by atoms with E-state index in [1.54, 1.807) is 42.6 Å². The van der Waals surface area contributed by atoms with Gasteiger partial charge in [-0.2, -0.15) is 0 Å². The number of aliphatic imine (C=N–C) groups is 2. The molecule has 5 rings (SSSR count). The summed E-state index contributed by atoms with van der Waals surface area (Å²) in [5.74, 6) is 0.0568.